The first kappa shape index (κ1) is 12.4. The zero-order chi connectivity index (χ0) is 12.1. The molecule has 0 spiro atoms. The molecule has 0 aliphatic rings. The summed E-state index contributed by atoms with van der Waals surface area (Å²) in [6.45, 7) is 0.415. The van der Waals surface area contributed by atoms with Gasteiger partial charge in [-0.2, -0.15) is 0 Å². The van der Waals surface area contributed by atoms with Crippen LogP contribution in [0.25, 0.3) is 0 Å². The Kier molecular flexibility index (Phi) is 4.25. The lowest BCUT2D eigenvalue weighted by atomic mass is 10.1. The second kappa shape index (κ2) is 5.46. The highest BCUT2D eigenvalue weighted by Crippen LogP contribution is 2.19. The van der Waals surface area contributed by atoms with Crippen molar-refractivity contribution in [3.63, 3.8) is 0 Å². The van der Waals surface area contributed by atoms with Gasteiger partial charge in [0, 0.05) is 0 Å². The molecule has 0 bridgehead atoms. The molecule has 0 aliphatic carbocycles. The maximum Gasteiger partial charge on any atom is 0.185 e. The summed E-state index contributed by atoms with van der Waals surface area (Å²) < 4.78 is 13.1. The molecule has 0 amide bonds. The van der Waals surface area contributed by atoms with E-state index in [9.17, 15) is 4.39 Å². The van der Waals surface area contributed by atoms with Crippen LogP contribution in [-0.2, 0) is 0 Å². The van der Waals surface area contributed by atoms with Crippen molar-refractivity contribution >= 4 is 5.96 Å². The molecule has 0 heterocycles. The molecule has 88 valence electrons. The fourth-order valence-corrected chi connectivity index (χ4v) is 1.47. The number of halogens is 1. The second-order valence-electron chi connectivity index (χ2n) is 3.80. The quantitative estimate of drug-likeness (QED) is 0.584. The second-order valence-corrected chi connectivity index (χ2v) is 3.80. The van der Waals surface area contributed by atoms with Gasteiger partial charge in [-0.1, -0.05) is 12.1 Å². The monoisotopic (exact) mass is 224 g/mol. The minimum absolute atomic E-state index is 0.0298. The van der Waals surface area contributed by atoms with E-state index in [0.29, 0.717) is 6.54 Å². The Labute approximate surface area is 94.8 Å². The summed E-state index contributed by atoms with van der Waals surface area (Å²) in [6.07, 6.45) is 0. The predicted octanol–water partition coefficient (Wildman–Crippen LogP) is 0.702. The van der Waals surface area contributed by atoms with Crippen LogP contribution in [-0.4, -0.2) is 31.5 Å². The van der Waals surface area contributed by atoms with Crippen molar-refractivity contribution in [1.29, 1.82) is 0 Å². The molecular weight excluding hydrogens is 207 g/mol. The lowest BCUT2D eigenvalue weighted by Gasteiger charge is -2.23. The molecule has 1 atom stereocenters. The predicted molar refractivity (Wildman–Crippen MR) is 63.5 cm³/mol. The first-order valence-electron chi connectivity index (χ1n) is 4.98. The summed E-state index contributed by atoms with van der Waals surface area (Å²) in [6, 6.07) is 6.41. The van der Waals surface area contributed by atoms with Crippen molar-refractivity contribution < 1.29 is 4.39 Å². The van der Waals surface area contributed by atoms with Crippen molar-refractivity contribution in [3.05, 3.63) is 35.6 Å². The van der Waals surface area contributed by atoms with E-state index in [1.165, 1.54) is 12.1 Å². The maximum absolute atomic E-state index is 13.1. The Bertz CT molecular complexity index is 372. The molecule has 5 heteroatoms. The molecule has 4 N–H and O–H groups in total. The van der Waals surface area contributed by atoms with Crippen LogP contribution in [0.2, 0.25) is 0 Å². The van der Waals surface area contributed by atoms with Crippen molar-refractivity contribution in [3.8, 4) is 0 Å². The number of rotatable bonds is 4. The van der Waals surface area contributed by atoms with E-state index >= 15 is 0 Å². The Morgan fingerprint density at radius 1 is 1.44 bits per heavy atom. The summed E-state index contributed by atoms with van der Waals surface area (Å²) >= 11 is 0. The summed E-state index contributed by atoms with van der Waals surface area (Å²) in [5.74, 6) is -0.211. The molecule has 16 heavy (non-hydrogen) atoms. The average Bonchev–Trinajstić information content (AvgIpc) is 2.17. The third-order valence-corrected chi connectivity index (χ3v) is 2.30. The number of benzene rings is 1. The van der Waals surface area contributed by atoms with Crippen molar-refractivity contribution in [1.82, 2.24) is 4.90 Å². The lowest BCUT2D eigenvalue weighted by Crippen LogP contribution is -2.27. The average molecular weight is 224 g/mol. The van der Waals surface area contributed by atoms with Gasteiger partial charge >= 0.3 is 0 Å². The minimum atomic E-state index is -0.256. The largest absolute Gasteiger partial charge is 0.370 e. The van der Waals surface area contributed by atoms with Crippen LogP contribution in [0.1, 0.15) is 11.6 Å². The van der Waals surface area contributed by atoms with Gasteiger partial charge in [-0.15, -0.1) is 0 Å². The number of aliphatic imine (C=N–C) groups is 1. The number of hydrogen-bond acceptors (Lipinski definition) is 2. The van der Waals surface area contributed by atoms with Crippen LogP contribution in [0, 0.1) is 5.82 Å². The molecule has 1 aromatic rings. The van der Waals surface area contributed by atoms with Crippen molar-refractivity contribution in [2.75, 3.05) is 20.6 Å². The van der Waals surface area contributed by atoms with E-state index in [1.54, 1.807) is 6.07 Å². The van der Waals surface area contributed by atoms with Gasteiger partial charge in [-0.3, -0.25) is 4.99 Å². The number of guanidine groups is 1. The minimum Gasteiger partial charge on any atom is -0.370 e. The van der Waals surface area contributed by atoms with E-state index in [2.05, 4.69) is 4.99 Å². The first-order chi connectivity index (χ1) is 7.50. The molecule has 1 aromatic carbocycles. The van der Waals surface area contributed by atoms with E-state index in [1.807, 2.05) is 25.1 Å². The smallest absolute Gasteiger partial charge is 0.185 e. The van der Waals surface area contributed by atoms with Crippen LogP contribution in [0.5, 0.6) is 0 Å². The van der Waals surface area contributed by atoms with Gasteiger partial charge in [0.1, 0.15) is 5.82 Å². The van der Waals surface area contributed by atoms with Gasteiger partial charge in [0.15, 0.2) is 5.96 Å². The normalized spacial score (nSPS) is 12.5. The standard InChI is InChI=1S/C11H17FN4/c1-16(2)10(7-15-11(13)14)8-4-3-5-9(12)6-8/h3-6,10H,7H2,1-2H3,(H4,13,14,15). The van der Waals surface area contributed by atoms with Crippen LogP contribution in [0.4, 0.5) is 4.39 Å². The molecule has 1 unspecified atom stereocenters. The molecule has 1 rings (SSSR count). The highest BCUT2D eigenvalue weighted by molar-refractivity contribution is 5.75. The van der Waals surface area contributed by atoms with Crippen LogP contribution >= 0.6 is 0 Å². The van der Waals surface area contributed by atoms with Gasteiger partial charge < -0.3 is 16.4 Å². The van der Waals surface area contributed by atoms with Gasteiger partial charge in [-0.25, -0.2) is 4.39 Å². The SMILES string of the molecule is CN(C)C(CN=C(N)N)c1cccc(F)c1. The molecule has 4 nitrogen and oxygen atoms in total. The molecule has 0 radical (unpaired) electrons. The molecule has 0 fully saturated rings. The zero-order valence-electron chi connectivity index (χ0n) is 9.52. The number of likely N-dealkylation sites (N-methyl/N-ethyl adjacent to an activating group) is 1. The highest BCUT2D eigenvalue weighted by atomic mass is 19.1. The van der Waals surface area contributed by atoms with Crippen LogP contribution in [0.3, 0.4) is 0 Å². The Hall–Kier alpha value is -1.62. The number of hydrogen-bond donors (Lipinski definition) is 2. The Morgan fingerprint density at radius 2 is 2.12 bits per heavy atom. The number of nitrogens with two attached hydrogens (primary N) is 2. The zero-order valence-corrected chi connectivity index (χ0v) is 9.52. The summed E-state index contributed by atoms with van der Waals surface area (Å²) in [7, 11) is 3.80. The third kappa shape index (κ3) is 3.51. The van der Waals surface area contributed by atoms with E-state index in [0.717, 1.165) is 5.56 Å². The van der Waals surface area contributed by atoms with Crippen LogP contribution in [0.15, 0.2) is 29.3 Å². The summed E-state index contributed by atoms with van der Waals surface area (Å²) in [5.41, 5.74) is 11.4. The van der Waals surface area contributed by atoms with Crippen LogP contribution < -0.4 is 11.5 Å². The molecular formula is C11H17FN4. The van der Waals surface area contributed by atoms with E-state index in [-0.39, 0.29) is 17.8 Å². The molecule has 0 saturated carbocycles. The van der Waals surface area contributed by atoms with Gasteiger partial charge in [-0.05, 0) is 31.8 Å². The molecule has 0 saturated heterocycles. The lowest BCUT2D eigenvalue weighted by molar-refractivity contribution is 0.306. The van der Waals surface area contributed by atoms with Crippen molar-refractivity contribution in [2.45, 2.75) is 6.04 Å². The van der Waals surface area contributed by atoms with Crippen molar-refractivity contribution in [2.24, 2.45) is 16.5 Å². The Balaban J connectivity index is 2.89. The summed E-state index contributed by atoms with van der Waals surface area (Å²) in [4.78, 5) is 5.91. The highest BCUT2D eigenvalue weighted by Gasteiger charge is 2.13. The fourth-order valence-electron chi connectivity index (χ4n) is 1.47. The third-order valence-electron chi connectivity index (χ3n) is 2.30. The van der Waals surface area contributed by atoms with Gasteiger partial charge in [0.05, 0.1) is 12.6 Å². The molecule has 0 aromatic heterocycles. The molecule has 0 aliphatic heterocycles. The van der Waals surface area contributed by atoms with Gasteiger partial charge in [0.2, 0.25) is 0 Å². The van der Waals surface area contributed by atoms with E-state index in [4.69, 9.17) is 11.5 Å². The fraction of sp³-hybridized carbons (Fsp3) is 0.364. The topological polar surface area (TPSA) is 67.6 Å². The number of nitrogens with zero attached hydrogens (tertiary/aromatic N) is 2. The van der Waals surface area contributed by atoms with E-state index < -0.39 is 0 Å². The first-order valence-corrected chi connectivity index (χ1v) is 4.98. The summed E-state index contributed by atoms with van der Waals surface area (Å²) in [5, 5.41) is 0. The Morgan fingerprint density at radius 3 is 2.62 bits per heavy atom. The maximum atomic E-state index is 13.1. The van der Waals surface area contributed by atoms with Gasteiger partial charge in [0.25, 0.3) is 0 Å².